The Kier molecular flexibility index (Phi) is 7.71. The molecule has 214 valence electrons. The summed E-state index contributed by atoms with van der Waals surface area (Å²) in [4.78, 5) is 37.0. The number of hydrogen-bond donors (Lipinski definition) is 2. The van der Waals surface area contributed by atoms with Gasteiger partial charge in [0.1, 0.15) is 18.0 Å². The van der Waals surface area contributed by atoms with Crippen molar-refractivity contribution in [1.82, 2.24) is 20.2 Å². The zero-order valence-electron chi connectivity index (χ0n) is 23.2. The number of fused-ring (bicyclic) bond motifs is 1. The summed E-state index contributed by atoms with van der Waals surface area (Å²) < 4.78 is 17.1. The summed E-state index contributed by atoms with van der Waals surface area (Å²) in [6.45, 7) is 4.91. The van der Waals surface area contributed by atoms with Gasteiger partial charge in [-0.05, 0) is 63.2 Å². The van der Waals surface area contributed by atoms with Crippen LogP contribution in [0.1, 0.15) is 25.3 Å². The Balaban J connectivity index is 1.00. The van der Waals surface area contributed by atoms with Crippen LogP contribution in [0, 0.1) is 0 Å². The van der Waals surface area contributed by atoms with Crippen molar-refractivity contribution in [3.05, 3.63) is 60.2 Å². The Bertz CT molecular complexity index is 1430. The van der Waals surface area contributed by atoms with Gasteiger partial charge in [-0.3, -0.25) is 14.6 Å². The van der Waals surface area contributed by atoms with E-state index >= 15 is 0 Å². The predicted molar refractivity (Wildman–Crippen MR) is 153 cm³/mol. The fourth-order valence-corrected chi connectivity index (χ4v) is 5.31. The molecule has 3 atom stereocenters. The number of nitrogens with one attached hydrogen (secondary N) is 2. The first-order valence-electron chi connectivity index (χ1n) is 14.0. The molecule has 11 nitrogen and oxygen atoms in total. The maximum absolute atomic E-state index is 12.5. The van der Waals surface area contributed by atoms with Crippen LogP contribution in [0.5, 0.6) is 11.6 Å². The van der Waals surface area contributed by atoms with Crippen LogP contribution in [-0.2, 0) is 16.1 Å². The molecular weight excluding hydrogens is 524 g/mol. The van der Waals surface area contributed by atoms with Crippen LogP contribution in [0.25, 0.3) is 11.3 Å². The number of anilines is 2. The molecule has 0 aliphatic carbocycles. The van der Waals surface area contributed by atoms with Crippen molar-refractivity contribution in [3.8, 4) is 22.9 Å². The lowest BCUT2D eigenvalue weighted by Crippen LogP contribution is -2.32. The molecule has 5 heterocycles. The summed E-state index contributed by atoms with van der Waals surface area (Å²) in [5, 5.41) is 6.12. The Morgan fingerprint density at radius 3 is 2.85 bits per heavy atom. The molecule has 1 aromatic carbocycles. The number of likely N-dealkylation sites (N-methyl/N-ethyl adjacent to an activating group) is 1. The third-order valence-electron chi connectivity index (χ3n) is 7.80. The van der Waals surface area contributed by atoms with Crippen molar-refractivity contribution in [3.63, 3.8) is 0 Å². The van der Waals surface area contributed by atoms with E-state index in [0.717, 1.165) is 29.8 Å². The van der Waals surface area contributed by atoms with Gasteiger partial charge in [-0.15, -0.1) is 0 Å². The lowest BCUT2D eigenvalue weighted by Gasteiger charge is -2.21. The zero-order valence-corrected chi connectivity index (χ0v) is 23.2. The number of hydrogen-bond acceptors (Lipinski definition) is 9. The molecule has 0 saturated carbocycles. The number of pyridine rings is 2. The van der Waals surface area contributed by atoms with E-state index in [2.05, 4.69) is 52.7 Å². The van der Waals surface area contributed by atoms with Gasteiger partial charge in [0.15, 0.2) is 18.2 Å². The quantitative estimate of drug-likeness (QED) is 0.381. The summed E-state index contributed by atoms with van der Waals surface area (Å²) >= 11 is 0. The van der Waals surface area contributed by atoms with E-state index in [9.17, 15) is 9.59 Å². The topological polar surface area (TPSA) is 118 Å². The van der Waals surface area contributed by atoms with Gasteiger partial charge >= 0.3 is 6.09 Å². The number of cyclic esters (lactones) is 1. The van der Waals surface area contributed by atoms with Crippen LogP contribution in [-0.4, -0.2) is 78.4 Å². The fraction of sp³-hybridized carbons (Fsp3) is 0.400. The number of rotatable bonds is 9. The zero-order chi connectivity index (χ0) is 28.3. The lowest BCUT2D eigenvalue weighted by molar-refractivity contribution is -0.118. The van der Waals surface area contributed by atoms with E-state index in [4.69, 9.17) is 19.2 Å². The van der Waals surface area contributed by atoms with Crippen molar-refractivity contribution in [2.24, 2.45) is 0 Å². The second kappa shape index (κ2) is 11.7. The minimum absolute atomic E-state index is 0.0455. The molecule has 3 aliphatic rings. The first-order valence-corrected chi connectivity index (χ1v) is 14.0. The standard InChI is InChI=1S/C30H34N6O5/c1-19-24(12-14-35(19)2)41-28-8-4-7-23(32-28)21-6-3-5-20(15-21)16-31-13-11-22-17-36(30(38)40-22)26-10-9-25-29(33-26)34-27(37)18-39-25/h3-10,15,19,22,24,31H,11-14,16-18H2,1-2H3,(H,33,34,37)/t19-,22-,24-/m0/s1. The highest BCUT2D eigenvalue weighted by atomic mass is 16.6. The highest BCUT2D eigenvalue weighted by Crippen LogP contribution is 2.30. The Labute approximate surface area is 238 Å². The van der Waals surface area contributed by atoms with E-state index < -0.39 is 6.09 Å². The smallest absolute Gasteiger partial charge is 0.415 e. The van der Waals surface area contributed by atoms with Crippen molar-refractivity contribution in [1.29, 1.82) is 0 Å². The molecule has 2 saturated heterocycles. The number of ether oxygens (including phenoxy) is 3. The molecule has 41 heavy (non-hydrogen) atoms. The predicted octanol–water partition coefficient (Wildman–Crippen LogP) is 3.45. The molecule has 0 bridgehead atoms. The molecule has 0 unspecified atom stereocenters. The highest BCUT2D eigenvalue weighted by molar-refractivity contribution is 5.95. The lowest BCUT2D eigenvalue weighted by atomic mass is 10.1. The van der Waals surface area contributed by atoms with Crippen LogP contribution in [0.2, 0.25) is 0 Å². The van der Waals surface area contributed by atoms with Gasteiger partial charge in [0, 0.05) is 30.8 Å². The summed E-state index contributed by atoms with van der Waals surface area (Å²) in [6, 6.07) is 18.0. The summed E-state index contributed by atoms with van der Waals surface area (Å²) in [5.74, 6) is 1.59. The van der Waals surface area contributed by atoms with E-state index in [0.29, 0.717) is 55.4 Å². The monoisotopic (exact) mass is 558 g/mol. The molecule has 0 radical (unpaired) electrons. The van der Waals surface area contributed by atoms with E-state index in [1.165, 1.54) is 4.90 Å². The molecule has 2 fully saturated rings. The van der Waals surface area contributed by atoms with Gasteiger partial charge in [0.2, 0.25) is 5.88 Å². The summed E-state index contributed by atoms with van der Waals surface area (Å²) in [6.07, 6.45) is 1.09. The Morgan fingerprint density at radius 1 is 1.12 bits per heavy atom. The molecule has 3 aliphatic heterocycles. The van der Waals surface area contributed by atoms with Gasteiger partial charge in [-0.1, -0.05) is 24.3 Å². The number of amides is 2. The number of benzene rings is 1. The normalized spacial score (nSPS) is 22.2. The Hall–Kier alpha value is -4.22. The van der Waals surface area contributed by atoms with Crippen LogP contribution < -0.4 is 25.0 Å². The maximum Gasteiger partial charge on any atom is 0.415 e. The van der Waals surface area contributed by atoms with Gasteiger partial charge in [0.05, 0.1) is 12.2 Å². The van der Waals surface area contributed by atoms with Crippen molar-refractivity contribution in [2.45, 2.75) is 44.6 Å². The van der Waals surface area contributed by atoms with Crippen molar-refractivity contribution >= 4 is 23.6 Å². The molecule has 2 N–H and O–H groups in total. The third kappa shape index (κ3) is 6.10. The number of nitrogens with zero attached hydrogens (tertiary/aromatic N) is 4. The molecular formula is C30H34N6O5. The van der Waals surface area contributed by atoms with Crippen molar-refractivity contribution < 1.29 is 23.8 Å². The first-order chi connectivity index (χ1) is 19.9. The van der Waals surface area contributed by atoms with Crippen LogP contribution in [0.15, 0.2) is 54.6 Å². The van der Waals surface area contributed by atoms with E-state index in [1.54, 1.807) is 12.1 Å². The fourth-order valence-electron chi connectivity index (χ4n) is 5.31. The van der Waals surface area contributed by atoms with Crippen LogP contribution in [0.4, 0.5) is 16.4 Å². The molecule has 11 heteroatoms. The molecule has 0 spiro atoms. The molecule has 6 rings (SSSR count). The molecule has 2 aromatic heterocycles. The summed E-state index contributed by atoms with van der Waals surface area (Å²) in [5.41, 5.74) is 3.04. The second-order valence-electron chi connectivity index (χ2n) is 10.7. The first kappa shape index (κ1) is 27.0. The van der Waals surface area contributed by atoms with Crippen LogP contribution >= 0.6 is 0 Å². The third-order valence-corrected chi connectivity index (χ3v) is 7.80. The van der Waals surface area contributed by atoms with E-state index in [1.807, 2.05) is 24.3 Å². The Morgan fingerprint density at radius 2 is 2.00 bits per heavy atom. The number of carbonyl (C=O) groups is 2. The number of aromatic nitrogens is 2. The second-order valence-corrected chi connectivity index (χ2v) is 10.7. The maximum atomic E-state index is 12.5. The average molecular weight is 559 g/mol. The number of carbonyl (C=O) groups excluding carboxylic acids is 2. The highest BCUT2D eigenvalue weighted by Gasteiger charge is 2.34. The van der Waals surface area contributed by atoms with E-state index in [-0.39, 0.29) is 24.7 Å². The van der Waals surface area contributed by atoms with Gasteiger partial charge in [-0.2, -0.15) is 0 Å². The SMILES string of the molecule is C[C@H]1[C@@H](Oc2cccc(-c3cccc(CNCC[C@H]4CN(c5ccc6c(n5)NC(=O)CO6)C(=O)O4)c3)n2)CCN1C. The van der Waals surface area contributed by atoms with Gasteiger partial charge in [0.25, 0.3) is 5.91 Å². The van der Waals surface area contributed by atoms with Gasteiger partial charge in [-0.25, -0.2) is 14.8 Å². The minimum Gasteiger partial charge on any atom is -0.480 e. The average Bonchev–Trinajstić information content (AvgIpc) is 3.51. The van der Waals surface area contributed by atoms with Crippen LogP contribution in [0.3, 0.4) is 0 Å². The largest absolute Gasteiger partial charge is 0.480 e. The van der Waals surface area contributed by atoms with Crippen molar-refractivity contribution in [2.75, 3.05) is 43.5 Å². The molecule has 3 aromatic rings. The number of likely N-dealkylation sites (tertiary alicyclic amines) is 1. The summed E-state index contributed by atoms with van der Waals surface area (Å²) in [7, 11) is 2.12. The van der Waals surface area contributed by atoms with Gasteiger partial charge < -0.3 is 24.8 Å². The molecule has 2 amide bonds. The minimum atomic E-state index is -0.452.